The number of para-hydroxylation sites is 1. The van der Waals surface area contributed by atoms with Crippen LogP contribution in [-0.2, 0) is 25.7 Å². The van der Waals surface area contributed by atoms with Crippen molar-refractivity contribution in [3.63, 3.8) is 0 Å². The molecule has 2 aromatic carbocycles. The first-order valence-corrected chi connectivity index (χ1v) is 9.30. The molecule has 0 fully saturated rings. The highest BCUT2D eigenvalue weighted by molar-refractivity contribution is 5.77. The van der Waals surface area contributed by atoms with E-state index < -0.39 is 5.97 Å². The zero-order valence-corrected chi connectivity index (χ0v) is 15.7. The SMILES string of the molecule is CCCCCOC(=O)CCC(=O)OCc1ccc(Oc2ccccc2)cc1. The highest BCUT2D eigenvalue weighted by atomic mass is 16.5. The fourth-order valence-electron chi connectivity index (χ4n) is 2.33. The van der Waals surface area contributed by atoms with Crippen LogP contribution in [-0.4, -0.2) is 18.5 Å². The van der Waals surface area contributed by atoms with Crippen LogP contribution in [0, 0.1) is 0 Å². The number of carbonyl (C=O) groups excluding carboxylic acids is 2. The number of ether oxygens (including phenoxy) is 3. The standard InChI is InChI=1S/C22H26O5/c1-2-3-7-16-25-21(23)14-15-22(24)26-17-18-10-12-20(13-11-18)27-19-8-5-4-6-9-19/h4-6,8-13H,2-3,7,14-17H2,1H3. The number of esters is 2. The molecule has 0 radical (unpaired) electrons. The molecule has 5 nitrogen and oxygen atoms in total. The number of rotatable bonds is 11. The Bertz CT molecular complexity index is 694. The smallest absolute Gasteiger partial charge is 0.306 e. The number of unbranched alkanes of at least 4 members (excludes halogenated alkanes) is 2. The first kappa shape index (κ1) is 20.5. The number of hydrogen-bond acceptors (Lipinski definition) is 5. The fourth-order valence-corrected chi connectivity index (χ4v) is 2.33. The Labute approximate surface area is 160 Å². The van der Waals surface area contributed by atoms with Gasteiger partial charge < -0.3 is 14.2 Å². The van der Waals surface area contributed by atoms with Crippen molar-refractivity contribution >= 4 is 11.9 Å². The van der Waals surface area contributed by atoms with E-state index in [0.717, 1.165) is 30.6 Å². The average Bonchev–Trinajstić information content (AvgIpc) is 2.70. The first-order chi connectivity index (χ1) is 13.2. The molecule has 0 unspecified atom stereocenters. The lowest BCUT2D eigenvalue weighted by Gasteiger charge is -2.08. The van der Waals surface area contributed by atoms with Gasteiger partial charge in [0.1, 0.15) is 18.1 Å². The molecule has 0 aliphatic carbocycles. The van der Waals surface area contributed by atoms with Gasteiger partial charge in [-0.15, -0.1) is 0 Å². The van der Waals surface area contributed by atoms with Gasteiger partial charge in [0.2, 0.25) is 0 Å². The molecule has 0 amide bonds. The van der Waals surface area contributed by atoms with E-state index in [1.165, 1.54) is 0 Å². The van der Waals surface area contributed by atoms with Gasteiger partial charge in [0.25, 0.3) is 0 Å². The average molecular weight is 370 g/mol. The highest BCUT2D eigenvalue weighted by Crippen LogP contribution is 2.21. The van der Waals surface area contributed by atoms with Crippen LogP contribution >= 0.6 is 0 Å². The summed E-state index contributed by atoms with van der Waals surface area (Å²) in [5.41, 5.74) is 0.853. The van der Waals surface area contributed by atoms with Gasteiger partial charge in [0.15, 0.2) is 0 Å². The lowest BCUT2D eigenvalue weighted by Crippen LogP contribution is -2.11. The van der Waals surface area contributed by atoms with E-state index in [4.69, 9.17) is 14.2 Å². The largest absolute Gasteiger partial charge is 0.466 e. The molecule has 2 rings (SSSR count). The summed E-state index contributed by atoms with van der Waals surface area (Å²) < 4.78 is 16.0. The topological polar surface area (TPSA) is 61.8 Å². The summed E-state index contributed by atoms with van der Waals surface area (Å²) in [7, 11) is 0. The molecular weight excluding hydrogens is 344 g/mol. The van der Waals surface area contributed by atoms with Gasteiger partial charge in [-0.2, -0.15) is 0 Å². The maximum atomic E-state index is 11.8. The van der Waals surface area contributed by atoms with E-state index in [0.29, 0.717) is 12.4 Å². The molecule has 27 heavy (non-hydrogen) atoms. The molecule has 0 heterocycles. The van der Waals surface area contributed by atoms with Crippen molar-refractivity contribution in [2.45, 2.75) is 45.6 Å². The second kappa shape index (κ2) is 11.7. The third-order valence-corrected chi connectivity index (χ3v) is 3.85. The zero-order valence-electron chi connectivity index (χ0n) is 15.7. The lowest BCUT2D eigenvalue weighted by atomic mass is 10.2. The van der Waals surface area contributed by atoms with Crippen molar-refractivity contribution in [1.82, 2.24) is 0 Å². The van der Waals surface area contributed by atoms with E-state index in [9.17, 15) is 9.59 Å². The van der Waals surface area contributed by atoms with Crippen LogP contribution in [0.1, 0.15) is 44.6 Å². The maximum Gasteiger partial charge on any atom is 0.306 e. The van der Waals surface area contributed by atoms with Crippen LogP contribution in [0.5, 0.6) is 11.5 Å². The fraction of sp³-hybridized carbons (Fsp3) is 0.364. The minimum atomic E-state index is -0.412. The van der Waals surface area contributed by atoms with E-state index in [2.05, 4.69) is 6.92 Å². The van der Waals surface area contributed by atoms with Crippen LogP contribution in [0.25, 0.3) is 0 Å². The molecule has 0 saturated heterocycles. The predicted octanol–water partition coefficient (Wildman–Crippen LogP) is 5.04. The van der Waals surface area contributed by atoms with Crippen molar-refractivity contribution in [1.29, 1.82) is 0 Å². The Morgan fingerprint density at radius 2 is 1.41 bits per heavy atom. The predicted molar refractivity (Wildman–Crippen MR) is 102 cm³/mol. The molecule has 0 aromatic heterocycles. The Kier molecular flexibility index (Phi) is 8.90. The van der Waals surface area contributed by atoms with E-state index in [1.54, 1.807) is 0 Å². The van der Waals surface area contributed by atoms with E-state index in [-0.39, 0.29) is 25.4 Å². The Balaban J connectivity index is 1.65. The molecule has 0 N–H and O–H groups in total. The minimum absolute atomic E-state index is 0.0296. The minimum Gasteiger partial charge on any atom is -0.466 e. The zero-order chi connectivity index (χ0) is 19.3. The maximum absolute atomic E-state index is 11.8. The van der Waals surface area contributed by atoms with Gasteiger partial charge in [0.05, 0.1) is 19.4 Å². The van der Waals surface area contributed by atoms with Gasteiger partial charge in [-0.3, -0.25) is 9.59 Å². The third-order valence-electron chi connectivity index (χ3n) is 3.85. The quantitative estimate of drug-likeness (QED) is 0.410. The van der Waals surface area contributed by atoms with Crippen LogP contribution in [0.2, 0.25) is 0 Å². The molecular formula is C22H26O5. The van der Waals surface area contributed by atoms with Gasteiger partial charge in [-0.25, -0.2) is 0 Å². The summed E-state index contributed by atoms with van der Waals surface area (Å²) >= 11 is 0. The normalized spacial score (nSPS) is 10.3. The highest BCUT2D eigenvalue weighted by Gasteiger charge is 2.09. The summed E-state index contributed by atoms with van der Waals surface area (Å²) in [5.74, 6) is 0.705. The number of hydrogen-bond donors (Lipinski definition) is 0. The van der Waals surface area contributed by atoms with Gasteiger partial charge in [0, 0.05) is 0 Å². The number of benzene rings is 2. The van der Waals surface area contributed by atoms with Crippen molar-refractivity contribution < 1.29 is 23.8 Å². The second-order valence-corrected chi connectivity index (χ2v) is 6.15. The summed E-state index contributed by atoms with van der Waals surface area (Å²) in [6.07, 6.45) is 3.04. The molecule has 5 heteroatoms. The Morgan fingerprint density at radius 3 is 2.07 bits per heavy atom. The van der Waals surface area contributed by atoms with Gasteiger partial charge >= 0.3 is 11.9 Å². The monoisotopic (exact) mass is 370 g/mol. The summed E-state index contributed by atoms with van der Waals surface area (Å²) in [4.78, 5) is 23.3. The Hall–Kier alpha value is -2.82. The third kappa shape index (κ3) is 8.40. The molecule has 0 saturated carbocycles. The van der Waals surface area contributed by atoms with Crippen molar-refractivity contribution in [2.24, 2.45) is 0 Å². The van der Waals surface area contributed by atoms with E-state index >= 15 is 0 Å². The van der Waals surface area contributed by atoms with Crippen LogP contribution in [0.4, 0.5) is 0 Å². The summed E-state index contributed by atoms with van der Waals surface area (Å²) in [5, 5.41) is 0. The molecule has 0 aliphatic heterocycles. The first-order valence-electron chi connectivity index (χ1n) is 9.30. The van der Waals surface area contributed by atoms with E-state index in [1.807, 2.05) is 54.6 Å². The lowest BCUT2D eigenvalue weighted by molar-refractivity contribution is -0.151. The van der Waals surface area contributed by atoms with Crippen molar-refractivity contribution in [3.8, 4) is 11.5 Å². The van der Waals surface area contributed by atoms with Crippen LogP contribution in [0.3, 0.4) is 0 Å². The summed E-state index contributed by atoms with van der Waals surface area (Å²) in [6.45, 7) is 2.66. The van der Waals surface area contributed by atoms with Gasteiger partial charge in [-0.05, 0) is 36.2 Å². The van der Waals surface area contributed by atoms with Gasteiger partial charge in [-0.1, -0.05) is 50.1 Å². The number of carbonyl (C=O) groups is 2. The molecule has 0 atom stereocenters. The molecule has 0 bridgehead atoms. The van der Waals surface area contributed by atoms with Crippen molar-refractivity contribution in [2.75, 3.05) is 6.61 Å². The van der Waals surface area contributed by atoms with Crippen LogP contribution < -0.4 is 4.74 Å². The molecule has 0 aliphatic rings. The molecule has 144 valence electrons. The van der Waals surface area contributed by atoms with Crippen molar-refractivity contribution in [3.05, 3.63) is 60.2 Å². The van der Waals surface area contributed by atoms with Crippen LogP contribution in [0.15, 0.2) is 54.6 Å². The second-order valence-electron chi connectivity index (χ2n) is 6.15. The molecule has 0 spiro atoms. The summed E-state index contributed by atoms with van der Waals surface area (Å²) in [6, 6.07) is 16.8. The molecule has 2 aromatic rings. The Morgan fingerprint density at radius 1 is 0.778 bits per heavy atom.